The molecule has 2 heteroatoms. The third-order valence-electron chi connectivity index (χ3n) is 3.08. The standard InChI is InChI=1S/C16H27NO/c1-4-12-17-16(14-10-8-7-9-11-14)15(6-3)18-13-5-2/h7-11,15-17H,4-6,12-13H2,1-3H3. The average Bonchev–Trinajstić information content (AvgIpc) is 2.43. The fraction of sp³-hybridized carbons (Fsp3) is 0.625. The SMILES string of the molecule is CCCNC(c1ccccc1)C(CC)OCCC. The number of hydrogen-bond acceptors (Lipinski definition) is 2. The molecule has 0 bridgehead atoms. The molecule has 1 aromatic carbocycles. The smallest absolute Gasteiger partial charge is 0.0767 e. The van der Waals surface area contributed by atoms with Gasteiger partial charge in [-0.15, -0.1) is 0 Å². The van der Waals surface area contributed by atoms with Crippen molar-refractivity contribution >= 4 is 0 Å². The van der Waals surface area contributed by atoms with Crippen LogP contribution in [0.25, 0.3) is 0 Å². The Morgan fingerprint density at radius 3 is 2.33 bits per heavy atom. The van der Waals surface area contributed by atoms with Crippen LogP contribution in [0, 0.1) is 0 Å². The number of hydrogen-bond donors (Lipinski definition) is 1. The number of ether oxygens (including phenoxy) is 1. The molecule has 0 aliphatic rings. The van der Waals surface area contributed by atoms with Crippen LogP contribution in [0.15, 0.2) is 30.3 Å². The molecule has 0 spiro atoms. The molecule has 1 rings (SSSR count). The first kappa shape index (κ1) is 15.2. The normalized spacial score (nSPS) is 14.4. The summed E-state index contributed by atoms with van der Waals surface area (Å²) < 4.78 is 5.99. The summed E-state index contributed by atoms with van der Waals surface area (Å²) in [6, 6.07) is 10.9. The van der Waals surface area contributed by atoms with Gasteiger partial charge in [0, 0.05) is 6.61 Å². The second kappa shape index (κ2) is 9.12. The molecule has 0 aliphatic carbocycles. The van der Waals surface area contributed by atoms with Gasteiger partial charge in [-0.2, -0.15) is 0 Å². The van der Waals surface area contributed by atoms with Crippen molar-refractivity contribution in [3.8, 4) is 0 Å². The van der Waals surface area contributed by atoms with E-state index in [0.29, 0.717) is 6.04 Å². The van der Waals surface area contributed by atoms with Crippen LogP contribution in [0.4, 0.5) is 0 Å². The monoisotopic (exact) mass is 249 g/mol. The third kappa shape index (κ3) is 4.79. The Kier molecular flexibility index (Phi) is 7.70. The Morgan fingerprint density at radius 2 is 1.78 bits per heavy atom. The fourth-order valence-electron chi connectivity index (χ4n) is 2.14. The Hall–Kier alpha value is -0.860. The zero-order valence-electron chi connectivity index (χ0n) is 12.0. The van der Waals surface area contributed by atoms with Gasteiger partial charge < -0.3 is 10.1 Å². The van der Waals surface area contributed by atoms with Crippen molar-refractivity contribution in [1.29, 1.82) is 0 Å². The molecule has 0 amide bonds. The first-order valence-electron chi connectivity index (χ1n) is 7.23. The second-order valence-corrected chi connectivity index (χ2v) is 4.66. The Labute approximate surface area is 112 Å². The summed E-state index contributed by atoms with van der Waals surface area (Å²) in [5, 5.41) is 3.62. The van der Waals surface area contributed by atoms with Crippen molar-refractivity contribution in [2.75, 3.05) is 13.2 Å². The first-order chi connectivity index (χ1) is 8.83. The van der Waals surface area contributed by atoms with Crippen molar-refractivity contribution < 1.29 is 4.74 Å². The van der Waals surface area contributed by atoms with E-state index >= 15 is 0 Å². The number of rotatable bonds is 9. The van der Waals surface area contributed by atoms with E-state index in [4.69, 9.17) is 4.74 Å². The minimum Gasteiger partial charge on any atom is -0.376 e. The van der Waals surface area contributed by atoms with E-state index in [-0.39, 0.29) is 6.10 Å². The van der Waals surface area contributed by atoms with Crippen LogP contribution in [-0.4, -0.2) is 19.3 Å². The minimum atomic E-state index is 0.263. The lowest BCUT2D eigenvalue weighted by atomic mass is 9.99. The maximum absolute atomic E-state index is 5.99. The maximum atomic E-state index is 5.99. The summed E-state index contributed by atoms with van der Waals surface area (Å²) >= 11 is 0. The van der Waals surface area contributed by atoms with E-state index < -0.39 is 0 Å². The third-order valence-corrected chi connectivity index (χ3v) is 3.08. The summed E-state index contributed by atoms with van der Waals surface area (Å²) in [7, 11) is 0. The molecular weight excluding hydrogens is 222 g/mol. The van der Waals surface area contributed by atoms with E-state index in [1.54, 1.807) is 0 Å². The summed E-state index contributed by atoms with van der Waals surface area (Å²) in [4.78, 5) is 0. The lowest BCUT2D eigenvalue weighted by Gasteiger charge is -2.28. The second-order valence-electron chi connectivity index (χ2n) is 4.66. The van der Waals surface area contributed by atoms with Crippen molar-refractivity contribution in [1.82, 2.24) is 5.32 Å². The Balaban J connectivity index is 2.75. The molecule has 0 saturated carbocycles. The predicted octanol–water partition coefficient (Wildman–Crippen LogP) is 3.93. The lowest BCUT2D eigenvalue weighted by Crippen LogP contribution is -2.34. The first-order valence-corrected chi connectivity index (χ1v) is 7.23. The van der Waals surface area contributed by atoms with E-state index in [2.05, 4.69) is 56.4 Å². The summed E-state index contributed by atoms with van der Waals surface area (Å²) in [6.45, 7) is 8.43. The van der Waals surface area contributed by atoms with E-state index in [0.717, 1.165) is 32.4 Å². The van der Waals surface area contributed by atoms with E-state index in [1.807, 2.05) is 0 Å². The molecule has 2 nitrogen and oxygen atoms in total. The van der Waals surface area contributed by atoms with Crippen molar-refractivity contribution in [2.45, 2.75) is 52.2 Å². The van der Waals surface area contributed by atoms with E-state index in [1.165, 1.54) is 5.56 Å². The van der Waals surface area contributed by atoms with Gasteiger partial charge in [0.05, 0.1) is 12.1 Å². The zero-order valence-corrected chi connectivity index (χ0v) is 12.0. The molecule has 18 heavy (non-hydrogen) atoms. The highest BCUT2D eigenvalue weighted by atomic mass is 16.5. The van der Waals surface area contributed by atoms with Crippen LogP contribution in [-0.2, 0) is 4.74 Å². The largest absolute Gasteiger partial charge is 0.376 e. The van der Waals surface area contributed by atoms with Crippen LogP contribution in [0.5, 0.6) is 0 Å². The van der Waals surface area contributed by atoms with Gasteiger partial charge in [0.15, 0.2) is 0 Å². The molecule has 0 fully saturated rings. The summed E-state index contributed by atoms with van der Waals surface area (Å²) in [5.74, 6) is 0. The quantitative estimate of drug-likeness (QED) is 0.716. The van der Waals surface area contributed by atoms with Crippen LogP contribution < -0.4 is 5.32 Å². The zero-order chi connectivity index (χ0) is 13.2. The Bertz CT molecular complexity index is 299. The highest BCUT2D eigenvalue weighted by molar-refractivity contribution is 5.20. The van der Waals surface area contributed by atoms with Crippen LogP contribution in [0.3, 0.4) is 0 Å². The van der Waals surface area contributed by atoms with Crippen LogP contribution in [0.1, 0.15) is 51.6 Å². The summed E-state index contributed by atoms with van der Waals surface area (Å²) in [6.07, 6.45) is 3.52. The molecule has 2 atom stereocenters. The van der Waals surface area contributed by atoms with Crippen molar-refractivity contribution in [3.05, 3.63) is 35.9 Å². The topological polar surface area (TPSA) is 21.3 Å². The number of nitrogens with one attached hydrogen (secondary N) is 1. The minimum absolute atomic E-state index is 0.263. The molecule has 0 saturated heterocycles. The molecule has 0 heterocycles. The van der Waals surface area contributed by atoms with Gasteiger partial charge in [-0.3, -0.25) is 0 Å². The number of benzene rings is 1. The van der Waals surface area contributed by atoms with Gasteiger partial charge in [0.2, 0.25) is 0 Å². The van der Waals surface area contributed by atoms with Gasteiger partial charge in [-0.25, -0.2) is 0 Å². The molecule has 0 aliphatic heterocycles. The van der Waals surface area contributed by atoms with Crippen LogP contribution in [0.2, 0.25) is 0 Å². The van der Waals surface area contributed by atoms with Crippen molar-refractivity contribution in [3.63, 3.8) is 0 Å². The Morgan fingerprint density at radius 1 is 1.06 bits per heavy atom. The summed E-state index contributed by atoms with van der Waals surface area (Å²) in [5.41, 5.74) is 1.33. The molecule has 1 aromatic rings. The molecule has 0 radical (unpaired) electrons. The maximum Gasteiger partial charge on any atom is 0.0767 e. The predicted molar refractivity (Wildman–Crippen MR) is 77.8 cm³/mol. The lowest BCUT2D eigenvalue weighted by molar-refractivity contribution is 0.0236. The molecule has 1 N–H and O–H groups in total. The highest BCUT2D eigenvalue weighted by Gasteiger charge is 2.21. The van der Waals surface area contributed by atoms with Gasteiger partial charge in [0.25, 0.3) is 0 Å². The molecule has 2 unspecified atom stereocenters. The average molecular weight is 249 g/mol. The van der Waals surface area contributed by atoms with Gasteiger partial charge in [-0.05, 0) is 31.4 Å². The van der Waals surface area contributed by atoms with Crippen LogP contribution >= 0.6 is 0 Å². The van der Waals surface area contributed by atoms with Gasteiger partial charge in [-0.1, -0.05) is 51.1 Å². The fourth-order valence-corrected chi connectivity index (χ4v) is 2.14. The van der Waals surface area contributed by atoms with Gasteiger partial charge in [0.1, 0.15) is 0 Å². The van der Waals surface area contributed by atoms with Crippen molar-refractivity contribution in [2.24, 2.45) is 0 Å². The molecular formula is C16H27NO. The highest BCUT2D eigenvalue weighted by Crippen LogP contribution is 2.21. The van der Waals surface area contributed by atoms with E-state index in [9.17, 15) is 0 Å². The van der Waals surface area contributed by atoms with Gasteiger partial charge >= 0.3 is 0 Å². The molecule has 0 aromatic heterocycles. The molecule has 102 valence electrons.